The SMILES string of the molecule is COCc1c(C(=O)Nc2ccc(Cn3ccccc3=O)cc2)sc2cccc(F)c12. The summed E-state index contributed by atoms with van der Waals surface area (Å²) in [5.74, 6) is -0.676. The number of ether oxygens (including phenoxy) is 1. The largest absolute Gasteiger partial charge is 0.380 e. The first kappa shape index (κ1) is 20.0. The van der Waals surface area contributed by atoms with Gasteiger partial charge in [0.25, 0.3) is 11.5 Å². The van der Waals surface area contributed by atoms with E-state index in [0.717, 1.165) is 5.56 Å². The summed E-state index contributed by atoms with van der Waals surface area (Å²) in [4.78, 5) is 25.2. The summed E-state index contributed by atoms with van der Waals surface area (Å²) in [6, 6.07) is 17.1. The minimum Gasteiger partial charge on any atom is -0.380 e. The van der Waals surface area contributed by atoms with Crippen LogP contribution >= 0.6 is 11.3 Å². The average Bonchev–Trinajstić information content (AvgIpc) is 3.11. The molecule has 0 fully saturated rings. The molecule has 1 amide bonds. The molecule has 0 spiro atoms. The summed E-state index contributed by atoms with van der Waals surface area (Å²) in [6.07, 6.45) is 1.73. The van der Waals surface area contributed by atoms with Crippen LogP contribution in [0, 0.1) is 5.82 Å². The molecule has 2 heterocycles. The van der Waals surface area contributed by atoms with Crippen molar-refractivity contribution in [2.75, 3.05) is 12.4 Å². The molecule has 4 rings (SSSR count). The first-order valence-corrected chi connectivity index (χ1v) is 10.1. The molecule has 0 bridgehead atoms. The maximum absolute atomic E-state index is 14.3. The van der Waals surface area contributed by atoms with Gasteiger partial charge in [-0.3, -0.25) is 9.59 Å². The Morgan fingerprint density at radius 2 is 1.90 bits per heavy atom. The molecule has 4 aromatic rings. The van der Waals surface area contributed by atoms with Gasteiger partial charge in [0.05, 0.1) is 18.0 Å². The van der Waals surface area contributed by atoms with E-state index in [1.54, 1.807) is 47.2 Å². The zero-order chi connectivity index (χ0) is 21.1. The number of anilines is 1. The molecule has 0 radical (unpaired) electrons. The normalized spacial score (nSPS) is 11.0. The molecule has 0 aliphatic carbocycles. The van der Waals surface area contributed by atoms with Crippen LogP contribution in [-0.4, -0.2) is 17.6 Å². The minimum atomic E-state index is -0.365. The maximum Gasteiger partial charge on any atom is 0.266 e. The van der Waals surface area contributed by atoms with Crippen LogP contribution in [0.5, 0.6) is 0 Å². The van der Waals surface area contributed by atoms with Crippen LogP contribution in [0.2, 0.25) is 0 Å². The number of amides is 1. The zero-order valence-corrected chi connectivity index (χ0v) is 17.0. The van der Waals surface area contributed by atoms with Gasteiger partial charge in [0.2, 0.25) is 0 Å². The molecule has 5 nitrogen and oxygen atoms in total. The molecule has 7 heteroatoms. The fourth-order valence-corrected chi connectivity index (χ4v) is 4.42. The van der Waals surface area contributed by atoms with E-state index in [2.05, 4.69) is 5.32 Å². The van der Waals surface area contributed by atoms with Crippen LogP contribution in [0.4, 0.5) is 10.1 Å². The average molecular weight is 422 g/mol. The third-order valence-corrected chi connectivity index (χ3v) is 5.92. The van der Waals surface area contributed by atoms with Crippen LogP contribution in [0.3, 0.4) is 0 Å². The van der Waals surface area contributed by atoms with Crippen molar-refractivity contribution in [3.63, 3.8) is 0 Å². The highest BCUT2D eigenvalue weighted by Gasteiger charge is 2.20. The first-order valence-electron chi connectivity index (χ1n) is 9.31. The predicted octanol–water partition coefficient (Wildman–Crippen LogP) is 4.65. The number of nitrogens with one attached hydrogen (secondary N) is 1. The van der Waals surface area contributed by atoms with Crippen molar-refractivity contribution in [3.05, 3.63) is 99.0 Å². The quantitative estimate of drug-likeness (QED) is 0.492. The van der Waals surface area contributed by atoms with E-state index >= 15 is 0 Å². The summed E-state index contributed by atoms with van der Waals surface area (Å²) < 4.78 is 21.8. The van der Waals surface area contributed by atoms with E-state index in [4.69, 9.17) is 4.74 Å². The Bertz CT molecular complexity index is 1260. The summed E-state index contributed by atoms with van der Waals surface area (Å²) in [6.45, 7) is 0.593. The number of carbonyl (C=O) groups excluding carboxylic acids is 1. The molecule has 0 saturated carbocycles. The number of thiophene rings is 1. The second kappa shape index (κ2) is 8.61. The van der Waals surface area contributed by atoms with Crippen molar-refractivity contribution in [2.45, 2.75) is 13.2 Å². The van der Waals surface area contributed by atoms with Crippen LogP contribution in [0.1, 0.15) is 20.8 Å². The third kappa shape index (κ3) is 4.03. The fourth-order valence-electron chi connectivity index (χ4n) is 3.30. The molecule has 0 atom stereocenters. The van der Waals surface area contributed by atoms with E-state index in [1.807, 2.05) is 12.1 Å². The number of methoxy groups -OCH3 is 1. The van der Waals surface area contributed by atoms with Gasteiger partial charge in [-0.2, -0.15) is 0 Å². The number of rotatable bonds is 6. The summed E-state index contributed by atoms with van der Waals surface area (Å²) in [7, 11) is 1.52. The number of pyridine rings is 1. The van der Waals surface area contributed by atoms with E-state index < -0.39 is 0 Å². The lowest BCUT2D eigenvalue weighted by molar-refractivity contribution is 0.102. The molecule has 2 aromatic heterocycles. The van der Waals surface area contributed by atoms with E-state index in [9.17, 15) is 14.0 Å². The van der Waals surface area contributed by atoms with Crippen molar-refractivity contribution < 1.29 is 13.9 Å². The van der Waals surface area contributed by atoms with E-state index in [0.29, 0.717) is 32.8 Å². The van der Waals surface area contributed by atoms with Gasteiger partial charge in [0.1, 0.15) is 5.82 Å². The Balaban J connectivity index is 1.56. The van der Waals surface area contributed by atoms with Crippen LogP contribution < -0.4 is 10.9 Å². The number of halogens is 1. The van der Waals surface area contributed by atoms with Gasteiger partial charge in [0.15, 0.2) is 0 Å². The van der Waals surface area contributed by atoms with Gasteiger partial charge in [0, 0.05) is 40.7 Å². The molecule has 1 N–H and O–H groups in total. The molecule has 30 heavy (non-hydrogen) atoms. The third-order valence-electron chi connectivity index (χ3n) is 4.72. The zero-order valence-electron chi connectivity index (χ0n) is 16.2. The van der Waals surface area contributed by atoms with Crippen LogP contribution in [0.15, 0.2) is 71.7 Å². The lowest BCUT2D eigenvalue weighted by Crippen LogP contribution is -2.18. The molecular weight excluding hydrogens is 403 g/mol. The lowest BCUT2D eigenvalue weighted by atomic mass is 10.1. The number of benzene rings is 2. The smallest absolute Gasteiger partial charge is 0.266 e. The van der Waals surface area contributed by atoms with Crippen molar-refractivity contribution in [1.82, 2.24) is 4.57 Å². The lowest BCUT2D eigenvalue weighted by Gasteiger charge is -2.09. The molecule has 0 aliphatic heterocycles. The van der Waals surface area contributed by atoms with Gasteiger partial charge in [-0.05, 0) is 35.9 Å². The molecular formula is C23H19FN2O3S. The van der Waals surface area contributed by atoms with E-state index in [1.165, 1.54) is 30.6 Å². The van der Waals surface area contributed by atoms with Gasteiger partial charge in [-0.25, -0.2) is 4.39 Å². The second-order valence-electron chi connectivity index (χ2n) is 6.77. The molecule has 0 saturated heterocycles. The van der Waals surface area contributed by atoms with Gasteiger partial charge < -0.3 is 14.6 Å². The van der Waals surface area contributed by atoms with Crippen molar-refractivity contribution >= 4 is 33.0 Å². The molecule has 0 unspecified atom stereocenters. The Morgan fingerprint density at radius 1 is 1.10 bits per heavy atom. The first-order chi connectivity index (χ1) is 14.6. The summed E-state index contributed by atoms with van der Waals surface area (Å²) >= 11 is 1.24. The number of hydrogen-bond donors (Lipinski definition) is 1. The Labute approximate surface area is 176 Å². The monoisotopic (exact) mass is 422 g/mol. The minimum absolute atomic E-state index is 0.0717. The van der Waals surface area contributed by atoms with Gasteiger partial charge in [-0.1, -0.05) is 24.3 Å². The highest BCUT2D eigenvalue weighted by Crippen LogP contribution is 2.34. The predicted molar refractivity (Wildman–Crippen MR) is 117 cm³/mol. The molecule has 2 aromatic carbocycles. The Hall–Kier alpha value is -3.29. The Kier molecular flexibility index (Phi) is 5.74. The number of carbonyl (C=O) groups is 1. The number of hydrogen-bond acceptors (Lipinski definition) is 4. The second-order valence-corrected chi connectivity index (χ2v) is 7.83. The van der Waals surface area contributed by atoms with Crippen LogP contribution in [0.25, 0.3) is 10.1 Å². The highest BCUT2D eigenvalue weighted by atomic mass is 32.1. The van der Waals surface area contributed by atoms with Crippen LogP contribution in [-0.2, 0) is 17.9 Å². The highest BCUT2D eigenvalue weighted by molar-refractivity contribution is 7.21. The van der Waals surface area contributed by atoms with Gasteiger partial charge in [-0.15, -0.1) is 11.3 Å². The molecule has 0 aliphatic rings. The standard InChI is InChI=1S/C23H19FN2O3S/c1-29-14-17-21-18(24)5-4-6-19(21)30-22(17)23(28)25-16-10-8-15(9-11-16)13-26-12-3-2-7-20(26)27/h2-12H,13-14H2,1H3,(H,25,28). The number of fused-ring (bicyclic) bond motifs is 1. The van der Waals surface area contributed by atoms with Crippen molar-refractivity contribution in [1.29, 1.82) is 0 Å². The summed E-state index contributed by atoms with van der Waals surface area (Å²) in [5.41, 5.74) is 2.03. The van der Waals surface area contributed by atoms with E-state index in [-0.39, 0.29) is 23.9 Å². The van der Waals surface area contributed by atoms with Crippen molar-refractivity contribution in [3.8, 4) is 0 Å². The Morgan fingerprint density at radius 3 is 2.63 bits per heavy atom. The maximum atomic E-state index is 14.3. The number of nitrogens with zero attached hydrogens (tertiary/aromatic N) is 1. The topological polar surface area (TPSA) is 60.3 Å². The van der Waals surface area contributed by atoms with Gasteiger partial charge >= 0.3 is 0 Å². The summed E-state index contributed by atoms with van der Waals surface area (Å²) in [5, 5.41) is 3.29. The number of aromatic nitrogens is 1. The molecule has 152 valence electrons. The van der Waals surface area contributed by atoms with Crippen molar-refractivity contribution in [2.24, 2.45) is 0 Å². The fraction of sp³-hybridized carbons (Fsp3) is 0.130.